The van der Waals surface area contributed by atoms with Gasteiger partial charge in [0.05, 0.1) is 29.7 Å². The number of halogens is 4. The van der Waals surface area contributed by atoms with Crippen LogP contribution in [0.3, 0.4) is 0 Å². The summed E-state index contributed by atoms with van der Waals surface area (Å²) < 4.78 is 66.2. The normalized spacial score (nSPS) is 17.4. The number of fused-ring (bicyclic) bond motifs is 1. The van der Waals surface area contributed by atoms with E-state index in [0.717, 1.165) is 38.2 Å². The van der Waals surface area contributed by atoms with E-state index in [9.17, 15) is 27.2 Å². The van der Waals surface area contributed by atoms with Crippen LogP contribution in [-0.4, -0.2) is 40.8 Å². The van der Waals surface area contributed by atoms with Crippen molar-refractivity contribution in [1.82, 2.24) is 14.5 Å². The van der Waals surface area contributed by atoms with Crippen LogP contribution >= 0.6 is 0 Å². The van der Waals surface area contributed by atoms with E-state index in [4.69, 9.17) is 9.72 Å². The molecule has 1 saturated heterocycles. The van der Waals surface area contributed by atoms with E-state index >= 15 is 0 Å². The lowest BCUT2D eigenvalue weighted by molar-refractivity contribution is -0.141. The average Bonchev–Trinajstić information content (AvgIpc) is 3.73. The number of ether oxygens (including phenoxy) is 2. The van der Waals surface area contributed by atoms with Gasteiger partial charge in [-0.1, -0.05) is 0 Å². The summed E-state index contributed by atoms with van der Waals surface area (Å²) in [4.78, 5) is 34.2. The molecule has 3 heterocycles. The highest BCUT2D eigenvalue weighted by atomic mass is 19.4. The highest BCUT2D eigenvalue weighted by Gasteiger charge is 2.35. The number of hydrogen-bond acceptors (Lipinski definition) is 7. The number of alkyl halides is 3. The standard InChI is InChI=1S/C26H26F4N4O4/c1-13(31-19-5-6-20(26(28,29)30)32-22(19)25(36)37-2)17-11-15(27)12-18-21(17)33-23(14-7-9-38-10-8-14)34(24(18)35)16-3-4-16/h5-6,11-14,16,31H,3-4,7-10H2,1-2H3/t13-/m1/s1. The van der Waals surface area contributed by atoms with Crippen LogP contribution < -0.4 is 10.9 Å². The molecule has 2 aromatic heterocycles. The molecule has 1 aliphatic heterocycles. The molecule has 38 heavy (non-hydrogen) atoms. The number of carbonyl (C=O) groups excluding carboxylic acids is 1. The van der Waals surface area contributed by atoms with E-state index in [-0.39, 0.29) is 28.6 Å². The molecule has 0 radical (unpaired) electrons. The number of aromatic nitrogens is 3. The quantitative estimate of drug-likeness (QED) is 0.346. The number of anilines is 1. The van der Waals surface area contributed by atoms with Crippen molar-refractivity contribution in [2.45, 2.75) is 56.8 Å². The predicted molar refractivity (Wildman–Crippen MR) is 130 cm³/mol. The van der Waals surface area contributed by atoms with Crippen LogP contribution in [-0.2, 0) is 15.7 Å². The third kappa shape index (κ3) is 4.96. The van der Waals surface area contributed by atoms with Gasteiger partial charge in [-0.05, 0) is 56.9 Å². The van der Waals surface area contributed by atoms with Gasteiger partial charge in [-0.2, -0.15) is 13.2 Å². The largest absolute Gasteiger partial charge is 0.464 e. The van der Waals surface area contributed by atoms with Gasteiger partial charge in [-0.25, -0.2) is 19.2 Å². The molecular weight excluding hydrogens is 508 g/mol. The van der Waals surface area contributed by atoms with Crippen LogP contribution in [0.4, 0.5) is 23.2 Å². The Hall–Kier alpha value is -3.54. The molecule has 5 rings (SSSR count). The Kier molecular flexibility index (Phi) is 6.84. The van der Waals surface area contributed by atoms with Crippen molar-refractivity contribution in [2.75, 3.05) is 25.6 Å². The Morgan fingerprint density at radius 3 is 2.50 bits per heavy atom. The first-order valence-electron chi connectivity index (χ1n) is 12.3. The predicted octanol–water partition coefficient (Wildman–Crippen LogP) is 5.14. The maximum absolute atomic E-state index is 14.8. The topological polar surface area (TPSA) is 95.3 Å². The van der Waals surface area contributed by atoms with E-state index < -0.39 is 35.4 Å². The molecule has 0 amide bonds. The lowest BCUT2D eigenvalue weighted by atomic mass is 9.97. The van der Waals surface area contributed by atoms with Gasteiger partial charge in [0.2, 0.25) is 0 Å². The first-order chi connectivity index (χ1) is 18.1. The van der Waals surface area contributed by atoms with E-state index in [2.05, 4.69) is 15.0 Å². The number of carbonyl (C=O) groups is 1. The Morgan fingerprint density at radius 2 is 1.87 bits per heavy atom. The molecule has 0 spiro atoms. The van der Waals surface area contributed by atoms with Gasteiger partial charge in [0, 0.05) is 30.7 Å². The second kappa shape index (κ2) is 9.97. The second-order valence-electron chi connectivity index (χ2n) is 9.60. The number of nitrogens with one attached hydrogen (secondary N) is 1. The van der Waals surface area contributed by atoms with Crippen LogP contribution in [0.15, 0.2) is 29.1 Å². The average molecular weight is 535 g/mol. The lowest BCUT2D eigenvalue weighted by Gasteiger charge is -2.26. The number of esters is 1. The third-order valence-electron chi connectivity index (χ3n) is 6.93. The van der Waals surface area contributed by atoms with Crippen molar-refractivity contribution >= 4 is 22.6 Å². The summed E-state index contributed by atoms with van der Waals surface area (Å²) in [6.45, 7) is 2.73. The number of hydrogen-bond donors (Lipinski definition) is 1. The van der Waals surface area contributed by atoms with Crippen LogP contribution in [0, 0.1) is 5.82 Å². The number of pyridine rings is 1. The Labute approximate surface area is 215 Å². The van der Waals surface area contributed by atoms with Gasteiger partial charge >= 0.3 is 12.1 Å². The van der Waals surface area contributed by atoms with Gasteiger partial charge < -0.3 is 14.8 Å². The maximum Gasteiger partial charge on any atom is 0.433 e. The van der Waals surface area contributed by atoms with Gasteiger partial charge in [0.25, 0.3) is 5.56 Å². The van der Waals surface area contributed by atoms with Crippen LogP contribution in [0.25, 0.3) is 10.9 Å². The van der Waals surface area contributed by atoms with Gasteiger partial charge in [-0.15, -0.1) is 0 Å². The van der Waals surface area contributed by atoms with Gasteiger partial charge in [0.1, 0.15) is 17.3 Å². The Balaban J connectivity index is 1.61. The molecule has 2 aliphatic rings. The van der Waals surface area contributed by atoms with Crippen molar-refractivity contribution in [2.24, 2.45) is 0 Å². The van der Waals surface area contributed by atoms with Crippen LogP contribution in [0.1, 0.15) is 78.2 Å². The molecule has 0 bridgehead atoms. The summed E-state index contributed by atoms with van der Waals surface area (Å²) >= 11 is 0. The first-order valence-corrected chi connectivity index (χ1v) is 12.3. The summed E-state index contributed by atoms with van der Waals surface area (Å²) in [5.74, 6) is -1.07. The fourth-order valence-electron chi connectivity index (χ4n) is 4.87. The molecule has 202 valence electrons. The molecule has 2 fully saturated rings. The van der Waals surface area contributed by atoms with E-state index in [1.54, 1.807) is 11.5 Å². The summed E-state index contributed by atoms with van der Waals surface area (Å²) in [6, 6.07) is 3.47. The highest BCUT2D eigenvalue weighted by Crippen LogP contribution is 2.39. The minimum absolute atomic E-state index is 0.00709. The number of methoxy groups -OCH3 is 1. The minimum Gasteiger partial charge on any atom is -0.464 e. The fraction of sp³-hybridized carbons (Fsp3) is 0.462. The lowest BCUT2D eigenvalue weighted by Crippen LogP contribution is -2.29. The zero-order chi connectivity index (χ0) is 27.2. The zero-order valence-corrected chi connectivity index (χ0v) is 20.8. The summed E-state index contributed by atoms with van der Waals surface area (Å²) in [5, 5.41) is 3.06. The van der Waals surface area contributed by atoms with Crippen molar-refractivity contribution in [3.63, 3.8) is 0 Å². The second-order valence-corrected chi connectivity index (χ2v) is 9.60. The third-order valence-corrected chi connectivity index (χ3v) is 6.93. The van der Waals surface area contributed by atoms with Crippen molar-refractivity contribution in [1.29, 1.82) is 0 Å². The van der Waals surface area contributed by atoms with Crippen molar-refractivity contribution in [3.05, 3.63) is 63.2 Å². The minimum atomic E-state index is -4.77. The van der Waals surface area contributed by atoms with Crippen LogP contribution in [0.5, 0.6) is 0 Å². The molecule has 1 aromatic carbocycles. The molecule has 8 nitrogen and oxygen atoms in total. The first kappa shape index (κ1) is 26.1. The molecule has 0 unspecified atom stereocenters. The zero-order valence-electron chi connectivity index (χ0n) is 20.8. The summed E-state index contributed by atoms with van der Waals surface area (Å²) in [5.41, 5.74) is -1.56. The number of nitrogens with zero attached hydrogens (tertiary/aromatic N) is 3. The number of rotatable bonds is 6. The SMILES string of the molecule is COC(=O)c1nc(C(F)(F)F)ccc1N[C@H](C)c1cc(F)cc2c(=O)n(C3CC3)c(C3CCOCC3)nc12. The molecule has 1 N–H and O–H groups in total. The molecule has 1 atom stereocenters. The van der Waals surface area contributed by atoms with Crippen LogP contribution in [0.2, 0.25) is 0 Å². The smallest absolute Gasteiger partial charge is 0.433 e. The van der Waals surface area contributed by atoms with Gasteiger partial charge in [-0.3, -0.25) is 9.36 Å². The molecule has 12 heteroatoms. The maximum atomic E-state index is 14.8. The van der Waals surface area contributed by atoms with E-state index in [1.807, 2.05) is 0 Å². The number of benzene rings is 1. The van der Waals surface area contributed by atoms with E-state index in [1.165, 1.54) is 6.07 Å². The molecule has 1 saturated carbocycles. The molecular formula is C26H26F4N4O4. The highest BCUT2D eigenvalue weighted by molar-refractivity contribution is 5.93. The van der Waals surface area contributed by atoms with Crippen molar-refractivity contribution < 1.29 is 31.8 Å². The Bertz CT molecular complexity index is 1450. The fourth-order valence-corrected chi connectivity index (χ4v) is 4.87. The van der Waals surface area contributed by atoms with Gasteiger partial charge in [0.15, 0.2) is 5.69 Å². The van der Waals surface area contributed by atoms with E-state index in [0.29, 0.717) is 43.0 Å². The summed E-state index contributed by atoms with van der Waals surface area (Å²) in [6.07, 6.45) is -1.66. The Morgan fingerprint density at radius 1 is 1.16 bits per heavy atom. The van der Waals surface area contributed by atoms with Crippen molar-refractivity contribution in [3.8, 4) is 0 Å². The molecule has 1 aliphatic carbocycles. The summed E-state index contributed by atoms with van der Waals surface area (Å²) in [7, 11) is 1.03. The monoisotopic (exact) mass is 534 g/mol. The molecule has 3 aromatic rings.